The van der Waals surface area contributed by atoms with Crippen LogP contribution in [0.15, 0.2) is 47.4 Å². The maximum atomic E-state index is 12.1. The van der Waals surface area contributed by atoms with Crippen LogP contribution in [-0.2, 0) is 4.79 Å². The number of benzene rings is 1. The monoisotopic (exact) mass is 446 g/mol. The van der Waals surface area contributed by atoms with Gasteiger partial charge in [-0.1, -0.05) is 37.6 Å². The zero-order chi connectivity index (χ0) is 21.9. The first kappa shape index (κ1) is 20.7. The van der Waals surface area contributed by atoms with Crippen LogP contribution in [0.2, 0.25) is 0 Å². The highest BCUT2D eigenvalue weighted by atomic mass is 32.1. The van der Waals surface area contributed by atoms with Crippen LogP contribution in [0.3, 0.4) is 0 Å². The standard InChI is InChI=1S/C28H34N2OS/c1-27-14-12-20(31)16-18(27)8-9-21-22-10-11-24(28(22,2)15-13-23(21)27)25-17-32-26(30-25)29-19-6-4-3-5-7-19/h3-7,16-17,21-24H,8-15H2,1-2H3,(H,29,30)/t21-,22-,23-,24+,27-,28-/m0/s1. The minimum atomic E-state index is 0.268. The topological polar surface area (TPSA) is 42.0 Å². The molecule has 168 valence electrons. The van der Waals surface area contributed by atoms with E-state index in [1.54, 1.807) is 11.3 Å². The average Bonchev–Trinajstić information content (AvgIpc) is 3.38. The molecule has 4 aliphatic carbocycles. The molecule has 1 N–H and O–H groups in total. The lowest BCUT2D eigenvalue weighted by atomic mass is 9.47. The van der Waals surface area contributed by atoms with Gasteiger partial charge < -0.3 is 5.32 Å². The van der Waals surface area contributed by atoms with Gasteiger partial charge in [0.25, 0.3) is 0 Å². The SMILES string of the molecule is C[C@]12CC[C@H]3[C@@H](CCC4=CC(=O)CC[C@@]43C)[C@@H]1CC[C@@H]2c1csc(Nc2ccccc2)n1. The van der Waals surface area contributed by atoms with E-state index in [2.05, 4.69) is 48.8 Å². The molecule has 3 fully saturated rings. The molecule has 1 heterocycles. The van der Waals surface area contributed by atoms with Gasteiger partial charge in [-0.15, -0.1) is 11.3 Å². The van der Waals surface area contributed by atoms with E-state index in [0.29, 0.717) is 17.1 Å². The number of para-hydroxylation sites is 1. The van der Waals surface area contributed by atoms with Crippen LogP contribution in [0.4, 0.5) is 10.8 Å². The molecule has 0 radical (unpaired) electrons. The number of hydrogen-bond donors (Lipinski definition) is 1. The molecule has 0 spiro atoms. The van der Waals surface area contributed by atoms with Gasteiger partial charge in [-0.05, 0) is 91.7 Å². The summed E-state index contributed by atoms with van der Waals surface area (Å²) in [5.74, 6) is 3.32. The largest absolute Gasteiger partial charge is 0.332 e. The van der Waals surface area contributed by atoms with Gasteiger partial charge in [0.2, 0.25) is 0 Å². The van der Waals surface area contributed by atoms with E-state index in [1.807, 2.05) is 12.1 Å². The summed E-state index contributed by atoms with van der Waals surface area (Å²) in [5.41, 5.74) is 4.52. The van der Waals surface area contributed by atoms with Crippen LogP contribution < -0.4 is 5.32 Å². The number of allylic oxidation sites excluding steroid dienone is 1. The van der Waals surface area contributed by atoms with E-state index < -0.39 is 0 Å². The molecular formula is C28H34N2OS. The van der Waals surface area contributed by atoms with Crippen molar-refractivity contribution in [3.8, 4) is 0 Å². The van der Waals surface area contributed by atoms with E-state index in [1.165, 1.54) is 43.4 Å². The summed E-state index contributed by atoms with van der Waals surface area (Å²) in [4.78, 5) is 17.2. The summed E-state index contributed by atoms with van der Waals surface area (Å²) < 4.78 is 0. The molecular weight excluding hydrogens is 412 g/mol. The Morgan fingerprint density at radius 2 is 1.84 bits per heavy atom. The van der Waals surface area contributed by atoms with E-state index in [0.717, 1.165) is 47.8 Å². The molecule has 3 saturated carbocycles. The number of aromatic nitrogens is 1. The van der Waals surface area contributed by atoms with E-state index in [-0.39, 0.29) is 5.41 Å². The van der Waals surface area contributed by atoms with Crippen molar-refractivity contribution in [3.63, 3.8) is 0 Å². The molecule has 0 bridgehead atoms. The van der Waals surface area contributed by atoms with Gasteiger partial charge in [-0.2, -0.15) is 0 Å². The minimum absolute atomic E-state index is 0.268. The minimum Gasteiger partial charge on any atom is -0.332 e. The fourth-order valence-electron chi connectivity index (χ4n) is 8.19. The Labute approximate surface area is 195 Å². The van der Waals surface area contributed by atoms with Gasteiger partial charge in [0.05, 0.1) is 5.69 Å². The van der Waals surface area contributed by atoms with Crippen LogP contribution >= 0.6 is 11.3 Å². The Morgan fingerprint density at radius 3 is 2.69 bits per heavy atom. The Bertz CT molecular complexity index is 1060. The molecule has 3 nitrogen and oxygen atoms in total. The number of carbonyl (C=O) groups excluding carboxylic acids is 1. The number of rotatable bonds is 3. The number of ketones is 1. The van der Waals surface area contributed by atoms with Crippen molar-refractivity contribution in [3.05, 3.63) is 53.1 Å². The lowest BCUT2D eigenvalue weighted by molar-refractivity contribution is -0.117. The predicted octanol–water partition coefficient (Wildman–Crippen LogP) is 7.50. The second-order valence-corrected chi connectivity index (χ2v) is 12.1. The van der Waals surface area contributed by atoms with Gasteiger partial charge in [-0.3, -0.25) is 4.79 Å². The highest BCUT2D eigenvalue weighted by molar-refractivity contribution is 7.13. The Morgan fingerprint density at radius 1 is 1.00 bits per heavy atom. The highest BCUT2D eigenvalue weighted by Gasteiger charge is 2.59. The predicted molar refractivity (Wildman–Crippen MR) is 131 cm³/mol. The molecule has 4 heteroatoms. The molecule has 4 aliphatic rings. The summed E-state index contributed by atoms with van der Waals surface area (Å²) in [6, 6.07) is 10.4. The lowest BCUT2D eigenvalue weighted by Crippen LogP contribution is -2.50. The Hall–Kier alpha value is -1.94. The number of nitrogens with zero attached hydrogens (tertiary/aromatic N) is 1. The maximum absolute atomic E-state index is 12.1. The fourth-order valence-corrected chi connectivity index (χ4v) is 8.98. The summed E-state index contributed by atoms with van der Waals surface area (Å²) in [6.45, 7) is 5.06. The summed E-state index contributed by atoms with van der Waals surface area (Å²) in [6.07, 6.45) is 11.5. The number of thiazole rings is 1. The molecule has 6 atom stereocenters. The summed E-state index contributed by atoms with van der Waals surface area (Å²) in [7, 11) is 0. The first-order chi connectivity index (χ1) is 15.5. The van der Waals surface area contributed by atoms with Crippen molar-refractivity contribution in [2.45, 2.75) is 71.1 Å². The zero-order valence-electron chi connectivity index (χ0n) is 19.3. The van der Waals surface area contributed by atoms with Crippen molar-refractivity contribution in [2.75, 3.05) is 5.32 Å². The van der Waals surface area contributed by atoms with E-state index >= 15 is 0 Å². The van der Waals surface area contributed by atoms with Gasteiger partial charge in [-0.25, -0.2) is 4.98 Å². The van der Waals surface area contributed by atoms with Gasteiger partial charge in [0.15, 0.2) is 10.9 Å². The maximum Gasteiger partial charge on any atom is 0.187 e. The van der Waals surface area contributed by atoms with Crippen LogP contribution in [-0.4, -0.2) is 10.8 Å². The quantitative estimate of drug-likeness (QED) is 0.531. The van der Waals surface area contributed by atoms with E-state index in [9.17, 15) is 4.79 Å². The van der Waals surface area contributed by atoms with Crippen molar-refractivity contribution in [2.24, 2.45) is 28.6 Å². The molecule has 32 heavy (non-hydrogen) atoms. The smallest absolute Gasteiger partial charge is 0.187 e. The zero-order valence-corrected chi connectivity index (χ0v) is 20.1. The second kappa shape index (κ2) is 7.55. The second-order valence-electron chi connectivity index (χ2n) is 11.2. The van der Waals surface area contributed by atoms with Crippen molar-refractivity contribution < 1.29 is 4.79 Å². The molecule has 1 aromatic carbocycles. The van der Waals surface area contributed by atoms with Gasteiger partial charge in [0, 0.05) is 23.4 Å². The average molecular weight is 447 g/mol. The number of hydrogen-bond acceptors (Lipinski definition) is 4. The molecule has 6 rings (SSSR count). The first-order valence-corrected chi connectivity index (χ1v) is 13.4. The molecule has 0 amide bonds. The van der Waals surface area contributed by atoms with Crippen LogP contribution in [0.25, 0.3) is 0 Å². The summed E-state index contributed by atoms with van der Waals surface area (Å²) >= 11 is 1.74. The van der Waals surface area contributed by atoms with Crippen molar-refractivity contribution >= 4 is 27.9 Å². The molecule has 1 aromatic heterocycles. The third-order valence-electron chi connectivity index (χ3n) is 9.87. The van der Waals surface area contributed by atoms with Crippen LogP contribution in [0.1, 0.15) is 76.8 Å². The normalized spacial score (nSPS) is 38.4. The van der Waals surface area contributed by atoms with E-state index in [4.69, 9.17) is 4.98 Å². The van der Waals surface area contributed by atoms with Crippen LogP contribution in [0, 0.1) is 28.6 Å². The molecule has 2 aromatic rings. The van der Waals surface area contributed by atoms with Gasteiger partial charge in [0.1, 0.15) is 0 Å². The first-order valence-electron chi connectivity index (χ1n) is 12.5. The highest BCUT2D eigenvalue weighted by Crippen LogP contribution is 2.68. The van der Waals surface area contributed by atoms with Crippen LogP contribution in [0.5, 0.6) is 0 Å². The number of carbonyl (C=O) groups is 1. The molecule has 0 saturated heterocycles. The van der Waals surface area contributed by atoms with Crippen molar-refractivity contribution in [1.82, 2.24) is 4.98 Å². The fraction of sp³-hybridized carbons (Fsp3) is 0.571. The molecule has 0 aliphatic heterocycles. The van der Waals surface area contributed by atoms with Gasteiger partial charge >= 0.3 is 0 Å². The van der Waals surface area contributed by atoms with Crippen molar-refractivity contribution in [1.29, 1.82) is 0 Å². The number of anilines is 2. The third kappa shape index (κ3) is 3.13. The summed E-state index contributed by atoms with van der Waals surface area (Å²) in [5, 5.41) is 6.81. The third-order valence-corrected chi connectivity index (χ3v) is 10.6. The lowest BCUT2D eigenvalue weighted by Gasteiger charge is -2.58. The number of fused-ring (bicyclic) bond motifs is 5. The number of nitrogens with one attached hydrogen (secondary N) is 1. The Kier molecular flexibility index (Phi) is 4.87. The Balaban J connectivity index is 1.24. The molecule has 0 unspecified atom stereocenters.